The number of nitrogens with zero attached hydrogens (tertiary/aromatic N) is 1. The molecule has 2 aliphatic rings. The first-order chi connectivity index (χ1) is 14.0. The third-order valence-electron chi connectivity index (χ3n) is 4.94. The van der Waals surface area contributed by atoms with E-state index >= 15 is 0 Å². The first-order valence-corrected chi connectivity index (χ1v) is 9.71. The highest BCUT2D eigenvalue weighted by Crippen LogP contribution is 2.45. The number of benzene rings is 1. The van der Waals surface area contributed by atoms with Crippen LogP contribution in [0.1, 0.15) is 49.7 Å². The average molecular weight is 446 g/mol. The molecule has 3 heterocycles. The molecule has 1 aromatic carbocycles. The van der Waals surface area contributed by atoms with Crippen molar-refractivity contribution in [3.63, 3.8) is 0 Å². The number of halogens is 5. The summed E-state index contributed by atoms with van der Waals surface area (Å²) in [6.45, 7) is 0.323. The average Bonchev–Trinajstić information content (AvgIpc) is 3.17. The zero-order valence-electron chi connectivity index (χ0n) is 15.5. The first kappa shape index (κ1) is 20.7. The van der Waals surface area contributed by atoms with Crippen LogP contribution in [0.4, 0.5) is 27.0 Å². The van der Waals surface area contributed by atoms with E-state index in [9.17, 15) is 31.5 Å². The lowest BCUT2D eigenvalue weighted by Gasteiger charge is -2.38. The summed E-state index contributed by atoms with van der Waals surface area (Å²) in [4.78, 5) is 27.1. The van der Waals surface area contributed by atoms with Crippen molar-refractivity contribution in [1.82, 2.24) is 4.90 Å². The van der Waals surface area contributed by atoms with Gasteiger partial charge in [0.15, 0.2) is 0 Å². The quantitative estimate of drug-likeness (QED) is 0.696. The normalized spacial score (nSPS) is 19.9. The number of likely N-dealkylation sites (tertiary alicyclic amines) is 1. The molecule has 2 amide bonds. The molecule has 160 valence electrons. The zero-order chi connectivity index (χ0) is 21.8. The molecular weight excluding hydrogens is 431 g/mol. The van der Waals surface area contributed by atoms with E-state index in [1.165, 1.54) is 6.07 Å². The van der Waals surface area contributed by atoms with E-state index < -0.39 is 54.2 Å². The van der Waals surface area contributed by atoms with Crippen molar-refractivity contribution in [3.8, 4) is 0 Å². The molecule has 0 spiro atoms. The molecule has 0 radical (unpaired) electrons. The van der Waals surface area contributed by atoms with Crippen LogP contribution in [0.3, 0.4) is 0 Å². The van der Waals surface area contributed by atoms with Gasteiger partial charge < -0.3 is 15.0 Å². The molecule has 2 aromatic rings. The number of nitrogens with one attached hydrogen (secondary N) is 1. The summed E-state index contributed by atoms with van der Waals surface area (Å²) in [5, 5.41) is 2.41. The molecule has 30 heavy (non-hydrogen) atoms. The van der Waals surface area contributed by atoms with E-state index in [1.807, 2.05) is 0 Å². The fraction of sp³-hybridized carbons (Fsp3) is 0.368. The molecule has 2 aliphatic heterocycles. The molecule has 1 atom stereocenters. The second kappa shape index (κ2) is 7.02. The van der Waals surface area contributed by atoms with Gasteiger partial charge in [-0.15, -0.1) is 11.3 Å². The van der Waals surface area contributed by atoms with Crippen LogP contribution in [0.25, 0.3) is 0 Å². The highest BCUT2D eigenvalue weighted by atomic mass is 32.1. The summed E-state index contributed by atoms with van der Waals surface area (Å²) in [5.41, 5.74) is -1.25. The predicted molar refractivity (Wildman–Crippen MR) is 97.8 cm³/mol. The molecule has 5 nitrogen and oxygen atoms in total. The summed E-state index contributed by atoms with van der Waals surface area (Å²) in [6, 6.07) is 4.27. The van der Waals surface area contributed by atoms with Crippen LogP contribution in [-0.4, -0.2) is 35.7 Å². The van der Waals surface area contributed by atoms with Gasteiger partial charge in [-0.1, -0.05) is 12.1 Å². The smallest absolute Gasteiger partial charge is 0.368 e. The van der Waals surface area contributed by atoms with Crippen molar-refractivity contribution in [3.05, 3.63) is 51.4 Å². The highest BCUT2D eigenvalue weighted by molar-refractivity contribution is 7.17. The van der Waals surface area contributed by atoms with Gasteiger partial charge in [0.05, 0.1) is 42.5 Å². The van der Waals surface area contributed by atoms with Crippen LogP contribution in [0, 0.1) is 0 Å². The predicted octanol–water partition coefficient (Wildman–Crippen LogP) is 4.70. The summed E-state index contributed by atoms with van der Waals surface area (Å²) in [5.74, 6) is -4.74. The van der Waals surface area contributed by atoms with Gasteiger partial charge in [0, 0.05) is 10.4 Å². The summed E-state index contributed by atoms with van der Waals surface area (Å²) in [6.07, 6.45) is -5.25. The van der Waals surface area contributed by atoms with Gasteiger partial charge in [-0.2, -0.15) is 13.2 Å². The Labute approximate surface area is 171 Å². The maximum atomic E-state index is 13.2. The Morgan fingerprint density at radius 3 is 2.53 bits per heavy atom. The number of amides is 2. The largest absolute Gasteiger partial charge is 0.417 e. The van der Waals surface area contributed by atoms with Gasteiger partial charge in [0.1, 0.15) is 5.00 Å². The van der Waals surface area contributed by atoms with E-state index in [4.69, 9.17) is 4.74 Å². The van der Waals surface area contributed by atoms with Crippen molar-refractivity contribution in [1.29, 1.82) is 0 Å². The van der Waals surface area contributed by atoms with Gasteiger partial charge in [-0.3, -0.25) is 9.59 Å². The standard InChI is InChI=1S/C19H15F5N2O3S/c1-9-13-12(6-29-9)30-16(14(13)17(28)26-7-18(20,21)8-26)25-15(27)10-4-2-3-5-11(10)19(22,23)24/h2-5,9H,6-8H2,1H3,(H,25,27). The minimum absolute atomic E-state index is 0.00617. The Hall–Kier alpha value is -2.53. The summed E-state index contributed by atoms with van der Waals surface area (Å²) in [7, 11) is 0. The lowest BCUT2D eigenvalue weighted by molar-refractivity contribution is -0.137. The number of fused-ring (bicyclic) bond motifs is 1. The Balaban J connectivity index is 1.69. The second-order valence-corrected chi connectivity index (χ2v) is 8.22. The molecule has 1 aromatic heterocycles. The van der Waals surface area contributed by atoms with Crippen LogP contribution in [0.15, 0.2) is 24.3 Å². The van der Waals surface area contributed by atoms with Gasteiger partial charge in [-0.05, 0) is 19.1 Å². The van der Waals surface area contributed by atoms with Crippen molar-refractivity contribution in [2.24, 2.45) is 0 Å². The number of carbonyl (C=O) groups excluding carboxylic acids is 2. The van der Waals surface area contributed by atoms with Crippen molar-refractivity contribution in [2.45, 2.75) is 31.7 Å². The van der Waals surface area contributed by atoms with E-state index in [1.54, 1.807) is 6.92 Å². The number of carbonyl (C=O) groups is 2. The molecule has 1 N–H and O–H groups in total. The number of hydrogen-bond acceptors (Lipinski definition) is 4. The van der Waals surface area contributed by atoms with Gasteiger partial charge in [0.25, 0.3) is 17.7 Å². The summed E-state index contributed by atoms with van der Waals surface area (Å²) < 4.78 is 71.7. The van der Waals surface area contributed by atoms with Crippen LogP contribution in [-0.2, 0) is 17.5 Å². The molecule has 1 saturated heterocycles. The number of hydrogen-bond donors (Lipinski definition) is 1. The monoisotopic (exact) mass is 446 g/mol. The molecule has 0 bridgehead atoms. The molecule has 0 aliphatic carbocycles. The fourth-order valence-electron chi connectivity index (χ4n) is 3.53. The third kappa shape index (κ3) is 3.56. The SMILES string of the molecule is CC1OCc2sc(NC(=O)c3ccccc3C(F)(F)F)c(C(=O)N3CC(F)(F)C3)c21. The minimum atomic E-state index is -4.74. The Kier molecular flexibility index (Phi) is 4.85. The summed E-state index contributed by atoms with van der Waals surface area (Å²) >= 11 is 0.996. The first-order valence-electron chi connectivity index (χ1n) is 8.90. The molecule has 11 heteroatoms. The minimum Gasteiger partial charge on any atom is -0.368 e. The maximum Gasteiger partial charge on any atom is 0.417 e. The molecule has 1 unspecified atom stereocenters. The number of anilines is 1. The Morgan fingerprint density at radius 1 is 1.23 bits per heavy atom. The van der Waals surface area contributed by atoms with Gasteiger partial charge in [-0.25, -0.2) is 8.78 Å². The number of thiophene rings is 1. The second-order valence-electron chi connectivity index (χ2n) is 7.11. The molecule has 4 rings (SSSR count). The van der Waals surface area contributed by atoms with Crippen molar-refractivity contribution < 1.29 is 36.3 Å². The van der Waals surface area contributed by atoms with Crippen molar-refractivity contribution >= 4 is 28.2 Å². The van der Waals surface area contributed by atoms with Crippen LogP contribution < -0.4 is 5.32 Å². The molecular formula is C19H15F5N2O3S. The van der Waals surface area contributed by atoms with E-state index in [0.29, 0.717) is 10.4 Å². The lowest BCUT2D eigenvalue weighted by Crippen LogP contribution is -2.58. The van der Waals surface area contributed by atoms with Crippen LogP contribution in [0.2, 0.25) is 0 Å². The van der Waals surface area contributed by atoms with Crippen molar-refractivity contribution in [2.75, 3.05) is 18.4 Å². The maximum absolute atomic E-state index is 13.2. The lowest BCUT2D eigenvalue weighted by atomic mass is 10.0. The Morgan fingerprint density at radius 2 is 1.90 bits per heavy atom. The highest BCUT2D eigenvalue weighted by Gasteiger charge is 2.48. The number of ether oxygens (including phenoxy) is 1. The van der Waals surface area contributed by atoms with Gasteiger partial charge >= 0.3 is 6.18 Å². The number of alkyl halides is 5. The fourth-order valence-corrected chi connectivity index (χ4v) is 4.72. The Bertz CT molecular complexity index is 1030. The van der Waals surface area contributed by atoms with Gasteiger partial charge in [0.2, 0.25) is 0 Å². The number of rotatable bonds is 3. The molecule has 1 fully saturated rings. The van der Waals surface area contributed by atoms with E-state index in [2.05, 4.69) is 5.32 Å². The zero-order valence-corrected chi connectivity index (χ0v) is 16.3. The third-order valence-corrected chi connectivity index (χ3v) is 6.04. The molecule has 0 saturated carbocycles. The van der Waals surface area contributed by atoms with E-state index in [-0.39, 0.29) is 17.2 Å². The van der Waals surface area contributed by atoms with E-state index in [0.717, 1.165) is 34.4 Å². The topological polar surface area (TPSA) is 58.6 Å². The van der Waals surface area contributed by atoms with Crippen LogP contribution in [0.5, 0.6) is 0 Å². The van der Waals surface area contributed by atoms with Crippen LogP contribution >= 0.6 is 11.3 Å².